The lowest BCUT2D eigenvalue weighted by atomic mass is 10.1. The van der Waals surface area contributed by atoms with Crippen LogP contribution in [0.2, 0.25) is 0 Å². The Morgan fingerprint density at radius 2 is 1.93 bits per heavy atom. The number of nitrogens with zero attached hydrogens (tertiary/aromatic N) is 1. The van der Waals surface area contributed by atoms with Crippen molar-refractivity contribution in [2.24, 2.45) is 0 Å². The molecule has 1 unspecified atom stereocenters. The first-order valence-electron chi connectivity index (χ1n) is 9.15. The largest absolute Gasteiger partial charge is 0.467 e. The van der Waals surface area contributed by atoms with Gasteiger partial charge in [0.2, 0.25) is 5.91 Å². The average Bonchev–Trinajstić information content (AvgIpc) is 2.94. The van der Waals surface area contributed by atoms with Crippen molar-refractivity contribution in [3.05, 3.63) is 24.8 Å². The van der Waals surface area contributed by atoms with E-state index in [2.05, 4.69) is 18.5 Å². The Morgan fingerprint density at radius 1 is 1.30 bits per heavy atom. The lowest BCUT2D eigenvalue weighted by Crippen LogP contribution is -2.54. The van der Waals surface area contributed by atoms with Gasteiger partial charge in [-0.3, -0.25) is 4.79 Å². The van der Waals surface area contributed by atoms with Crippen LogP contribution in [0.5, 0.6) is 0 Å². The van der Waals surface area contributed by atoms with Crippen LogP contribution in [0, 0.1) is 0 Å². The number of amides is 2. The summed E-state index contributed by atoms with van der Waals surface area (Å²) in [4.78, 5) is 39.1. The minimum atomic E-state index is -0.866. The molecule has 27 heavy (non-hydrogen) atoms. The van der Waals surface area contributed by atoms with Gasteiger partial charge in [-0.15, -0.1) is 13.2 Å². The zero-order valence-electron chi connectivity index (χ0n) is 17.0. The van der Waals surface area contributed by atoms with Crippen LogP contribution >= 0.6 is 0 Å². The summed E-state index contributed by atoms with van der Waals surface area (Å²) in [5, 5.41) is 2.60. The van der Waals surface area contributed by atoms with Crippen molar-refractivity contribution >= 4 is 18.0 Å². The second-order valence-electron chi connectivity index (χ2n) is 7.90. The van der Waals surface area contributed by atoms with Crippen LogP contribution in [0.4, 0.5) is 4.79 Å². The van der Waals surface area contributed by atoms with Gasteiger partial charge in [0, 0.05) is 6.04 Å². The van der Waals surface area contributed by atoms with Gasteiger partial charge in [-0.25, -0.2) is 9.59 Å². The number of alkyl carbamates (subject to hydrolysis) is 1. The van der Waals surface area contributed by atoms with Gasteiger partial charge in [0.05, 0.1) is 7.11 Å². The highest BCUT2D eigenvalue weighted by Crippen LogP contribution is 2.30. The number of nitrogens with one attached hydrogen (secondary N) is 1. The van der Waals surface area contributed by atoms with E-state index in [0.717, 1.165) is 5.57 Å². The van der Waals surface area contributed by atoms with Crippen molar-refractivity contribution in [1.29, 1.82) is 0 Å². The highest BCUT2D eigenvalue weighted by Gasteiger charge is 2.43. The number of carbonyl (C=O) groups is 3. The van der Waals surface area contributed by atoms with Gasteiger partial charge in [-0.1, -0.05) is 11.6 Å². The van der Waals surface area contributed by atoms with E-state index in [1.165, 1.54) is 12.0 Å². The molecule has 0 bridgehead atoms. The molecule has 152 valence electrons. The molecular weight excluding hydrogens is 348 g/mol. The highest BCUT2D eigenvalue weighted by molar-refractivity contribution is 5.90. The van der Waals surface area contributed by atoms with Crippen LogP contribution < -0.4 is 5.32 Å². The van der Waals surface area contributed by atoms with E-state index in [1.807, 2.05) is 6.92 Å². The summed E-state index contributed by atoms with van der Waals surface area (Å²) in [6, 6.07) is -1.69. The number of carbonyl (C=O) groups excluding carboxylic acids is 3. The maximum atomic E-state index is 13.2. The van der Waals surface area contributed by atoms with Gasteiger partial charge in [0.15, 0.2) is 0 Å². The lowest BCUT2D eigenvalue weighted by molar-refractivity contribution is -0.153. The second kappa shape index (κ2) is 9.58. The predicted octanol–water partition coefficient (Wildman–Crippen LogP) is 2.95. The molecule has 0 aliphatic carbocycles. The predicted molar refractivity (Wildman–Crippen MR) is 103 cm³/mol. The van der Waals surface area contributed by atoms with Crippen LogP contribution in [0.1, 0.15) is 53.4 Å². The first kappa shape index (κ1) is 22.7. The average molecular weight is 380 g/mol. The summed E-state index contributed by atoms with van der Waals surface area (Å²) in [5.74, 6) is -0.804. The van der Waals surface area contributed by atoms with E-state index in [9.17, 15) is 14.4 Å². The Bertz CT molecular complexity index is 594. The first-order valence-corrected chi connectivity index (χ1v) is 9.15. The van der Waals surface area contributed by atoms with Gasteiger partial charge in [0.1, 0.15) is 17.7 Å². The molecule has 0 aromatic rings. The Balaban J connectivity index is 3.05. The van der Waals surface area contributed by atoms with E-state index in [1.54, 1.807) is 26.8 Å². The topological polar surface area (TPSA) is 84.9 Å². The molecule has 0 radical (unpaired) electrons. The van der Waals surface area contributed by atoms with E-state index < -0.39 is 29.7 Å². The zero-order valence-corrected chi connectivity index (χ0v) is 17.0. The third-order valence-corrected chi connectivity index (χ3v) is 4.21. The minimum Gasteiger partial charge on any atom is -0.467 e. The van der Waals surface area contributed by atoms with Gasteiger partial charge in [-0.05, 0) is 53.4 Å². The summed E-state index contributed by atoms with van der Waals surface area (Å²) in [6.07, 6.45) is 2.87. The molecule has 0 aromatic carbocycles. The molecule has 0 aromatic heterocycles. The van der Waals surface area contributed by atoms with E-state index >= 15 is 0 Å². The molecule has 1 heterocycles. The van der Waals surface area contributed by atoms with E-state index in [0.29, 0.717) is 19.3 Å². The van der Waals surface area contributed by atoms with Crippen molar-refractivity contribution < 1.29 is 23.9 Å². The number of methoxy groups -OCH3 is 1. The highest BCUT2D eigenvalue weighted by atomic mass is 16.6. The SMILES string of the molecule is C=CC[C@H](NC(=O)OC(C)(C)C)C(=O)N1C(CC(=C)C)CC[C@H]1C(=O)OC. The maximum absolute atomic E-state index is 13.2. The van der Waals surface area contributed by atoms with E-state index in [-0.39, 0.29) is 18.4 Å². The van der Waals surface area contributed by atoms with E-state index in [4.69, 9.17) is 9.47 Å². The molecule has 0 spiro atoms. The number of ether oxygens (including phenoxy) is 2. The molecule has 1 rings (SSSR count). The first-order chi connectivity index (χ1) is 12.5. The van der Waals surface area contributed by atoms with Crippen molar-refractivity contribution in [3.8, 4) is 0 Å². The van der Waals surface area contributed by atoms with Crippen molar-refractivity contribution in [1.82, 2.24) is 10.2 Å². The molecular formula is C20H32N2O5. The van der Waals surface area contributed by atoms with Crippen LogP contribution in [-0.4, -0.2) is 53.7 Å². The summed E-state index contributed by atoms with van der Waals surface area (Å²) in [5.41, 5.74) is 0.236. The number of hydrogen-bond donors (Lipinski definition) is 1. The third kappa shape index (κ3) is 6.73. The molecule has 1 aliphatic heterocycles. The molecule has 7 nitrogen and oxygen atoms in total. The van der Waals surface area contributed by atoms with Crippen LogP contribution in [0.15, 0.2) is 24.8 Å². The Labute approximate surface area is 161 Å². The molecule has 1 saturated heterocycles. The monoisotopic (exact) mass is 380 g/mol. The molecule has 1 fully saturated rings. The van der Waals surface area contributed by atoms with Gasteiger partial charge < -0.3 is 19.7 Å². The fraction of sp³-hybridized carbons (Fsp3) is 0.650. The molecule has 0 saturated carbocycles. The quantitative estimate of drug-likeness (QED) is 0.542. The number of likely N-dealkylation sites (tertiary alicyclic amines) is 1. The fourth-order valence-corrected chi connectivity index (χ4v) is 3.20. The number of hydrogen-bond acceptors (Lipinski definition) is 5. The number of rotatable bonds is 7. The van der Waals surface area contributed by atoms with Gasteiger partial charge in [0.25, 0.3) is 0 Å². The lowest BCUT2D eigenvalue weighted by Gasteiger charge is -2.33. The Kier molecular flexibility index (Phi) is 8.06. The second-order valence-corrected chi connectivity index (χ2v) is 7.90. The fourth-order valence-electron chi connectivity index (χ4n) is 3.20. The van der Waals surface area contributed by atoms with Gasteiger partial charge >= 0.3 is 12.1 Å². The smallest absolute Gasteiger partial charge is 0.408 e. The summed E-state index contributed by atoms with van der Waals surface area (Å²) in [6.45, 7) is 14.7. The van der Waals surface area contributed by atoms with Crippen molar-refractivity contribution in [3.63, 3.8) is 0 Å². The normalized spacial score (nSPS) is 20.6. The summed E-state index contributed by atoms with van der Waals surface area (Å²) >= 11 is 0. The molecule has 2 amide bonds. The molecule has 7 heteroatoms. The summed E-state index contributed by atoms with van der Waals surface area (Å²) < 4.78 is 10.1. The van der Waals surface area contributed by atoms with Crippen LogP contribution in [-0.2, 0) is 19.1 Å². The van der Waals surface area contributed by atoms with Gasteiger partial charge in [-0.2, -0.15) is 0 Å². The van der Waals surface area contributed by atoms with Crippen LogP contribution in [0.25, 0.3) is 0 Å². The van der Waals surface area contributed by atoms with Crippen LogP contribution in [0.3, 0.4) is 0 Å². The Hall–Kier alpha value is -2.31. The zero-order chi connectivity index (χ0) is 20.8. The minimum absolute atomic E-state index is 0.160. The number of esters is 1. The van der Waals surface area contributed by atoms with Crippen molar-refractivity contribution in [2.45, 2.75) is 77.1 Å². The molecule has 1 N–H and O–H groups in total. The standard InChI is InChI=1S/C20H32N2O5/c1-8-9-15(21-19(25)27-20(4,5)6)17(23)22-14(12-13(2)3)10-11-16(22)18(24)26-7/h8,14-16H,1-2,9-12H2,3-7H3,(H,21,25)/t14?,15-,16-/m0/s1. The molecule has 3 atom stereocenters. The maximum Gasteiger partial charge on any atom is 0.408 e. The Morgan fingerprint density at radius 3 is 2.41 bits per heavy atom. The molecule has 1 aliphatic rings. The summed E-state index contributed by atoms with van der Waals surface area (Å²) in [7, 11) is 1.30. The van der Waals surface area contributed by atoms with Crippen molar-refractivity contribution in [2.75, 3.05) is 7.11 Å². The third-order valence-electron chi connectivity index (χ3n) is 4.21.